The Hall–Kier alpha value is -0.940. The molecule has 1 aromatic heterocycles. The van der Waals surface area contributed by atoms with E-state index in [0.717, 1.165) is 37.9 Å². The van der Waals surface area contributed by atoms with E-state index < -0.39 is 5.60 Å². The van der Waals surface area contributed by atoms with Crippen LogP contribution < -0.4 is 0 Å². The molecule has 0 unspecified atom stereocenters. The van der Waals surface area contributed by atoms with Crippen LogP contribution in [0.2, 0.25) is 0 Å². The number of β-amino-alcohol motifs (C(OH)–C–C–N with tert-alkyl or cyclic N) is 1. The zero-order chi connectivity index (χ0) is 13.0. The predicted octanol–water partition coefficient (Wildman–Crippen LogP) is 1.76. The first-order valence-corrected chi connectivity index (χ1v) is 6.91. The fourth-order valence-electron chi connectivity index (χ4n) is 2.50. The van der Waals surface area contributed by atoms with Crippen LogP contribution >= 0.6 is 0 Å². The Bertz CT molecular complexity index is 372. The Morgan fingerprint density at radius 3 is 2.78 bits per heavy atom. The zero-order valence-corrected chi connectivity index (χ0v) is 11.4. The van der Waals surface area contributed by atoms with Crippen molar-refractivity contribution in [1.29, 1.82) is 0 Å². The molecule has 18 heavy (non-hydrogen) atoms. The fourth-order valence-corrected chi connectivity index (χ4v) is 2.50. The van der Waals surface area contributed by atoms with Gasteiger partial charge in [0.25, 0.3) is 0 Å². The van der Waals surface area contributed by atoms with Gasteiger partial charge in [-0.05, 0) is 12.8 Å². The van der Waals surface area contributed by atoms with E-state index in [1.165, 1.54) is 0 Å². The van der Waals surface area contributed by atoms with Crippen molar-refractivity contribution in [3.05, 3.63) is 11.7 Å². The predicted molar refractivity (Wildman–Crippen MR) is 68.0 cm³/mol. The third kappa shape index (κ3) is 3.29. The standard InChI is InChI=1S/C13H23N3O2/c1-3-5-6-11-14-12(18-15-11)8-16-9-13(17,10-16)7-4-2/h17H,3-10H2,1-2H3. The van der Waals surface area contributed by atoms with Gasteiger partial charge in [0.15, 0.2) is 5.82 Å². The molecule has 0 spiro atoms. The summed E-state index contributed by atoms with van der Waals surface area (Å²) in [6.45, 7) is 6.33. The van der Waals surface area contributed by atoms with Gasteiger partial charge in [-0.15, -0.1) is 0 Å². The smallest absolute Gasteiger partial charge is 0.240 e. The second-order valence-corrected chi connectivity index (χ2v) is 5.33. The van der Waals surface area contributed by atoms with Crippen molar-refractivity contribution >= 4 is 0 Å². The molecular weight excluding hydrogens is 230 g/mol. The minimum atomic E-state index is -0.486. The lowest BCUT2D eigenvalue weighted by Crippen LogP contribution is -2.60. The number of unbranched alkanes of at least 4 members (excludes halogenated alkanes) is 1. The summed E-state index contributed by atoms with van der Waals surface area (Å²) in [5.41, 5.74) is -0.486. The minimum Gasteiger partial charge on any atom is -0.387 e. The van der Waals surface area contributed by atoms with Gasteiger partial charge in [-0.1, -0.05) is 31.8 Å². The molecule has 0 aliphatic carbocycles. The van der Waals surface area contributed by atoms with E-state index in [-0.39, 0.29) is 0 Å². The van der Waals surface area contributed by atoms with Crippen molar-refractivity contribution in [2.24, 2.45) is 0 Å². The van der Waals surface area contributed by atoms with Gasteiger partial charge >= 0.3 is 0 Å². The van der Waals surface area contributed by atoms with Crippen LogP contribution in [0.5, 0.6) is 0 Å². The first kappa shape index (κ1) is 13.5. The molecule has 0 amide bonds. The van der Waals surface area contributed by atoms with Crippen LogP contribution in [0.15, 0.2) is 4.52 Å². The van der Waals surface area contributed by atoms with Gasteiger partial charge in [0.05, 0.1) is 12.1 Å². The van der Waals surface area contributed by atoms with Gasteiger partial charge < -0.3 is 9.63 Å². The quantitative estimate of drug-likeness (QED) is 0.802. The van der Waals surface area contributed by atoms with E-state index in [1.807, 2.05) is 0 Å². The van der Waals surface area contributed by atoms with Gasteiger partial charge in [-0.3, -0.25) is 4.90 Å². The van der Waals surface area contributed by atoms with Crippen LogP contribution in [0, 0.1) is 0 Å². The van der Waals surface area contributed by atoms with Gasteiger partial charge in [0, 0.05) is 19.5 Å². The lowest BCUT2D eigenvalue weighted by atomic mass is 9.89. The maximum Gasteiger partial charge on any atom is 0.240 e. The number of likely N-dealkylation sites (tertiary alicyclic amines) is 1. The van der Waals surface area contributed by atoms with Gasteiger partial charge in [-0.2, -0.15) is 4.98 Å². The highest BCUT2D eigenvalue weighted by molar-refractivity contribution is 4.97. The number of aliphatic hydroxyl groups is 1. The van der Waals surface area contributed by atoms with Crippen LogP contribution in [-0.4, -0.2) is 38.8 Å². The molecule has 0 saturated carbocycles. The highest BCUT2D eigenvalue weighted by Gasteiger charge is 2.40. The molecule has 0 bridgehead atoms. The third-order valence-electron chi connectivity index (χ3n) is 3.37. The molecule has 5 heteroatoms. The lowest BCUT2D eigenvalue weighted by molar-refractivity contribution is -0.109. The number of hydrogen-bond donors (Lipinski definition) is 1. The molecular formula is C13H23N3O2. The number of hydrogen-bond acceptors (Lipinski definition) is 5. The van der Waals surface area contributed by atoms with Crippen molar-refractivity contribution in [3.63, 3.8) is 0 Å². The Balaban J connectivity index is 1.76. The van der Waals surface area contributed by atoms with E-state index in [1.54, 1.807) is 0 Å². The molecule has 1 saturated heterocycles. The van der Waals surface area contributed by atoms with E-state index in [4.69, 9.17) is 4.52 Å². The molecule has 0 radical (unpaired) electrons. The van der Waals surface area contributed by atoms with Crippen LogP contribution in [0.1, 0.15) is 51.2 Å². The SMILES string of the molecule is CCCCc1noc(CN2CC(O)(CCC)C2)n1. The molecule has 2 heterocycles. The first-order chi connectivity index (χ1) is 8.65. The van der Waals surface area contributed by atoms with Gasteiger partial charge in [0.1, 0.15) is 0 Å². The van der Waals surface area contributed by atoms with Crippen LogP contribution in [-0.2, 0) is 13.0 Å². The topological polar surface area (TPSA) is 62.4 Å². The highest BCUT2D eigenvalue weighted by Crippen LogP contribution is 2.26. The van der Waals surface area contributed by atoms with Crippen molar-refractivity contribution in [2.45, 2.75) is 58.1 Å². The second-order valence-electron chi connectivity index (χ2n) is 5.33. The van der Waals surface area contributed by atoms with E-state index in [0.29, 0.717) is 25.5 Å². The Kier molecular flexibility index (Phi) is 4.35. The van der Waals surface area contributed by atoms with Crippen molar-refractivity contribution in [3.8, 4) is 0 Å². The summed E-state index contributed by atoms with van der Waals surface area (Å²) in [5, 5.41) is 14.0. The first-order valence-electron chi connectivity index (χ1n) is 6.91. The fraction of sp³-hybridized carbons (Fsp3) is 0.846. The molecule has 1 aliphatic rings. The summed E-state index contributed by atoms with van der Waals surface area (Å²) >= 11 is 0. The van der Waals surface area contributed by atoms with Gasteiger partial charge in [-0.25, -0.2) is 0 Å². The van der Waals surface area contributed by atoms with Crippen LogP contribution in [0.25, 0.3) is 0 Å². The molecule has 1 aliphatic heterocycles. The maximum atomic E-state index is 10.1. The molecule has 0 atom stereocenters. The van der Waals surface area contributed by atoms with Gasteiger partial charge in [0.2, 0.25) is 5.89 Å². The van der Waals surface area contributed by atoms with Crippen LogP contribution in [0.4, 0.5) is 0 Å². The molecule has 2 rings (SSSR count). The van der Waals surface area contributed by atoms with Crippen molar-refractivity contribution in [1.82, 2.24) is 15.0 Å². The lowest BCUT2D eigenvalue weighted by Gasteiger charge is -2.46. The summed E-state index contributed by atoms with van der Waals surface area (Å²) in [6.07, 6.45) is 5.01. The Morgan fingerprint density at radius 1 is 1.33 bits per heavy atom. The number of rotatable bonds is 7. The molecule has 5 nitrogen and oxygen atoms in total. The Labute approximate surface area is 108 Å². The number of aromatic nitrogens is 2. The average molecular weight is 253 g/mol. The summed E-state index contributed by atoms with van der Waals surface area (Å²) in [7, 11) is 0. The second kappa shape index (κ2) is 5.80. The largest absolute Gasteiger partial charge is 0.387 e. The highest BCUT2D eigenvalue weighted by atomic mass is 16.5. The summed E-state index contributed by atoms with van der Waals surface area (Å²) < 4.78 is 5.21. The minimum absolute atomic E-state index is 0.486. The summed E-state index contributed by atoms with van der Waals surface area (Å²) in [5.74, 6) is 1.47. The average Bonchev–Trinajstić information content (AvgIpc) is 2.72. The van der Waals surface area contributed by atoms with E-state index in [2.05, 4.69) is 28.9 Å². The molecule has 1 aromatic rings. The maximum absolute atomic E-state index is 10.1. The third-order valence-corrected chi connectivity index (χ3v) is 3.37. The molecule has 1 fully saturated rings. The van der Waals surface area contributed by atoms with E-state index in [9.17, 15) is 5.11 Å². The van der Waals surface area contributed by atoms with Crippen molar-refractivity contribution < 1.29 is 9.63 Å². The van der Waals surface area contributed by atoms with E-state index >= 15 is 0 Å². The Morgan fingerprint density at radius 2 is 2.11 bits per heavy atom. The molecule has 0 aromatic carbocycles. The monoisotopic (exact) mass is 253 g/mol. The number of aryl methyl sites for hydroxylation is 1. The van der Waals surface area contributed by atoms with Crippen LogP contribution in [0.3, 0.4) is 0 Å². The summed E-state index contributed by atoms with van der Waals surface area (Å²) in [4.78, 5) is 6.51. The summed E-state index contributed by atoms with van der Waals surface area (Å²) in [6, 6.07) is 0. The van der Waals surface area contributed by atoms with Crippen molar-refractivity contribution in [2.75, 3.05) is 13.1 Å². The molecule has 1 N–H and O–H groups in total. The normalized spacial score (nSPS) is 18.8. The molecule has 102 valence electrons. The zero-order valence-electron chi connectivity index (χ0n) is 11.4. The number of nitrogens with zero attached hydrogens (tertiary/aromatic N) is 3.